The van der Waals surface area contributed by atoms with Crippen LogP contribution in [-0.2, 0) is 27.3 Å². The van der Waals surface area contributed by atoms with Gasteiger partial charge in [0, 0.05) is 17.2 Å². The summed E-state index contributed by atoms with van der Waals surface area (Å²) in [4.78, 5) is 0. The summed E-state index contributed by atoms with van der Waals surface area (Å²) in [6, 6.07) is 17.6. The zero-order valence-corrected chi connectivity index (χ0v) is 32.6. The molecule has 0 atom stereocenters. The molecule has 2 aromatic rings. The normalized spacial score (nSPS) is 13.0. The van der Waals surface area contributed by atoms with Crippen LogP contribution in [0.5, 0.6) is 0 Å². The Balaban J connectivity index is 0.00000149. The molecule has 0 N–H and O–H groups in total. The van der Waals surface area contributed by atoms with Crippen LogP contribution in [0, 0.1) is 0 Å². The predicted octanol–water partition coefficient (Wildman–Crippen LogP) is 15.2. The minimum absolute atomic E-state index is 0.873. The van der Waals surface area contributed by atoms with Crippen molar-refractivity contribution in [2.75, 3.05) is 0 Å². The number of allylic oxidation sites excluding steroid dienone is 4. The van der Waals surface area contributed by atoms with E-state index in [0.717, 1.165) is 47.4 Å². The van der Waals surface area contributed by atoms with Crippen molar-refractivity contribution in [2.45, 2.75) is 174 Å². The molecule has 270 valence electrons. The first-order valence-electron chi connectivity index (χ1n) is 19.8. The van der Waals surface area contributed by atoms with Crippen molar-refractivity contribution in [3.8, 4) is 0 Å². The number of hydrogen-bond donors (Lipinski definition) is 0. The van der Waals surface area contributed by atoms with Crippen LogP contribution in [0.1, 0.15) is 172 Å². The zero-order chi connectivity index (χ0) is 34.7. The van der Waals surface area contributed by atoms with Crippen molar-refractivity contribution >= 4 is 11.4 Å². The van der Waals surface area contributed by atoms with Gasteiger partial charge in [-0.2, -0.15) is 0 Å². The van der Waals surface area contributed by atoms with Gasteiger partial charge in [-0.1, -0.05) is 147 Å². The minimum atomic E-state index is 0.873. The van der Waals surface area contributed by atoms with Gasteiger partial charge in [0.25, 0.3) is 0 Å². The number of benzene rings is 2. The summed E-state index contributed by atoms with van der Waals surface area (Å²) >= 11 is 1.82. The molecule has 0 unspecified atom stereocenters. The second-order valence-corrected chi connectivity index (χ2v) is 15.2. The molecule has 0 amide bonds. The van der Waals surface area contributed by atoms with Crippen LogP contribution >= 0.6 is 0 Å². The van der Waals surface area contributed by atoms with Crippen LogP contribution in [0.25, 0.3) is 16.9 Å². The van der Waals surface area contributed by atoms with E-state index in [1.165, 1.54) is 136 Å². The summed E-state index contributed by atoms with van der Waals surface area (Å²) in [5.41, 5.74) is 19.4. The molecular weight excluding hydrogens is 627 g/mol. The molecule has 1 aliphatic heterocycles. The van der Waals surface area contributed by atoms with Crippen LogP contribution in [0.4, 0.5) is 0 Å². The summed E-state index contributed by atoms with van der Waals surface area (Å²) < 4.78 is 1.44. The van der Waals surface area contributed by atoms with Crippen LogP contribution in [-0.4, -0.2) is 4.70 Å². The Kier molecular flexibility index (Phi) is 24.1. The number of rotatable bonds is 25. The molecule has 0 aromatic heterocycles. The first-order valence-corrected chi connectivity index (χ1v) is 21.2. The van der Waals surface area contributed by atoms with E-state index in [1.54, 1.807) is 0 Å². The molecule has 0 fully saturated rings. The summed E-state index contributed by atoms with van der Waals surface area (Å²) in [5, 5.41) is 2.56. The Bertz CT molecular complexity index is 1240. The van der Waals surface area contributed by atoms with Crippen molar-refractivity contribution in [3.05, 3.63) is 100 Å². The molecule has 3 rings (SSSR count). The molecule has 0 saturated heterocycles. The van der Waals surface area contributed by atoms with Crippen molar-refractivity contribution in [3.63, 3.8) is 0 Å². The standard InChI is InChI=1S/C41H60N2.2C2H5.Ni/c1-4-7-10-11-12-13-14-15-16-17-18-19-22-29-39-34-40(37-30-23-27-35(32-37)25-20-8-5-2)43(42)41(39)38-31-24-28-36(33-38)26-21-9-6-3;2*1-2;/h22-24,27-34H,4-21,25-26H2,1-3H3;2*1H2,2H3;. The van der Waals surface area contributed by atoms with E-state index in [1.807, 2.05) is 14.4 Å². The molecule has 48 heavy (non-hydrogen) atoms. The molecule has 0 spiro atoms. The van der Waals surface area contributed by atoms with Gasteiger partial charge in [-0.05, 0) is 73.9 Å². The van der Waals surface area contributed by atoms with E-state index < -0.39 is 0 Å². The molecule has 3 heteroatoms. The van der Waals surface area contributed by atoms with Gasteiger partial charge in [0.05, 0.1) is 5.57 Å². The Morgan fingerprint density at radius 2 is 1.06 bits per heavy atom. The van der Waals surface area contributed by atoms with Gasteiger partial charge >= 0.3 is 39.1 Å². The number of aryl methyl sites for hydroxylation is 2. The number of unbranched alkanes of at least 4 members (excludes halogenated alkanes) is 15. The van der Waals surface area contributed by atoms with Gasteiger partial charge in [-0.25, -0.2) is 4.70 Å². The van der Waals surface area contributed by atoms with Crippen molar-refractivity contribution in [2.24, 2.45) is 0 Å². The fourth-order valence-electron chi connectivity index (χ4n) is 6.35. The Morgan fingerprint density at radius 1 is 0.583 bits per heavy atom. The van der Waals surface area contributed by atoms with Crippen molar-refractivity contribution in [1.29, 1.82) is 0 Å². The van der Waals surface area contributed by atoms with Gasteiger partial charge in [-0.15, -0.1) is 0 Å². The van der Waals surface area contributed by atoms with Gasteiger partial charge in [0.15, 0.2) is 0 Å². The molecule has 1 aliphatic rings. The van der Waals surface area contributed by atoms with E-state index in [-0.39, 0.29) is 0 Å². The summed E-state index contributed by atoms with van der Waals surface area (Å²) in [5.74, 6) is 0. The Morgan fingerprint density at radius 3 is 1.58 bits per heavy atom. The van der Waals surface area contributed by atoms with Gasteiger partial charge in [0.2, 0.25) is 11.4 Å². The average Bonchev–Trinajstić information content (AvgIpc) is 3.43. The van der Waals surface area contributed by atoms with E-state index >= 15 is 0 Å². The van der Waals surface area contributed by atoms with Gasteiger partial charge in [-0.3, -0.25) is 0 Å². The maximum atomic E-state index is 11.6. The van der Waals surface area contributed by atoms with Crippen molar-refractivity contribution in [1.82, 2.24) is 0 Å². The SMILES string of the molecule is CCCCCCCCCCCCCC=CC1=C(c2cccc(CCCCC)c2)[N+](=[N-])C(c2cccc(CCCCC)c2)=C1.C[CH2][Ni][CH2]C. The Labute approximate surface area is 303 Å². The number of nitrogens with zero attached hydrogens (tertiary/aromatic N) is 2. The first kappa shape index (κ1) is 41.9. The Hall–Kier alpha value is -2.25. The molecule has 2 nitrogen and oxygen atoms in total. The fourth-order valence-corrected chi connectivity index (χ4v) is 6.85. The molecule has 0 aliphatic carbocycles. The second kappa shape index (κ2) is 27.6. The topological polar surface area (TPSA) is 25.3 Å². The van der Waals surface area contributed by atoms with E-state index in [2.05, 4.69) is 101 Å². The molecular formula is C45H70N2Ni. The summed E-state index contributed by atoms with van der Waals surface area (Å²) in [6.07, 6.45) is 32.5. The van der Waals surface area contributed by atoms with Crippen LogP contribution in [0.3, 0.4) is 0 Å². The zero-order valence-electron chi connectivity index (χ0n) is 31.6. The van der Waals surface area contributed by atoms with Crippen LogP contribution < -0.4 is 0 Å². The molecule has 2 aromatic carbocycles. The molecule has 0 saturated carbocycles. The van der Waals surface area contributed by atoms with E-state index in [0.29, 0.717) is 0 Å². The summed E-state index contributed by atoms with van der Waals surface area (Å²) in [7, 11) is 0. The van der Waals surface area contributed by atoms with Gasteiger partial charge < -0.3 is 5.53 Å². The number of hydrogen-bond acceptors (Lipinski definition) is 0. The third-order valence-corrected chi connectivity index (χ3v) is 10.1. The summed E-state index contributed by atoms with van der Waals surface area (Å²) in [6.45, 7) is 11.2. The third kappa shape index (κ3) is 16.9. The molecule has 1 heterocycles. The van der Waals surface area contributed by atoms with Crippen LogP contribution in [0.2, 0.25) is 10.8 Å². The molecule has 0 bridgehead atoms. The fraction of sp³-hybridized carbons (Fsp3) is 0.600. The first-order chi connectivity index (χ1) is 23.6. The van der Waals surface area contributed by atoms with E-state index in [4.69, 9.17) is 0 Å². The molecule has 0 radical (unpaired) electrons. The predicted molar refractivity (Wildman–Crippen MR) is 209 cm³/mol. The third-order valence-electron chi connectivity index (χ3n) is 9.15. The monoisotopic (exact) mass is 696 g/mol. The van der Waals surface area contributed by atoms with Crippen molar-refractivity contribution < 1.29 is 19.1 Å². The van der Waals surface area contributed by atoms with E-state index in [9.17, 15) is 5.53 Å². The maximum absolute atomic E-state index is 11.6. The second-order valence-electron chi connectivity index (χ2n) is 13.3. The average molecular weight is 698 g/mol. The van der Waals surface area contributed by atoms with Gasteiger partial charge in [0.1, 0.15) is 0 Å². The quantitative estimate of drug-likeness (QED) is 0.0561. The van der Waals surface area contributed by atoms with Crippen LogP contribution in [0.15, 0.2) is 72.3 Å².